The Kier molecular flexibility index (Phi) is 10.9. The molecule has 0 spiro atoms. The topological polar surface area (TPSA) is 50.1 Å². The number of carbonyl (C=O) groups excluding carboxylic acids is 1. The van der Waals surface area contributed by atoms with Crippen LogP contribution in [0.1, 0.15) is 5.56 Å². The van der Waals surface area contributed by atoms with Crippen molar-refractivity contribution < 1.29 is 9.53 Å². The maximum Gasteiger partial charge on any atom is 0.334 e. The maximum atomic E-state index is 11.5. The number of carbonyl (C=O) groups is 1. The zero-order chi connectivity index (χ0) is 17.5. The van der Waals surface area contributed by atoms with Crippen molar-refractivity contribution in [2.24, 2.45) is 5.92 Å². The summed E-state index contributed by atoms with van der Waals surface area (Å²) in [5, 5.41) is 7.51. The molecule has 0 heterocycles. The highest BCUT2D eigenvalue weighted by atomic mass is 16.5. The summed E-state index contributed by atoms with van der Waals surface area (Å²) >= 11 is 0. The molecule has 0 aliphatic rings. The van der Waals surface area contributed by atoms with Gasteiger partial charge in [-0.05, 0) is 5.56 Å². The molecule has 1 atom stereocenters. The molecule has 0 amide bonds. The molecule has 0 fully saturated rings. The number of hydrogen-bond acceptors (Lipinski definition) is 3. The summed E-state index contributed by atoms with van der Waals surface area (Å²) in [5.41, 5.74) is 1.46. The monoisotopic (exact) mass is 307 g/mol. The number of benzene rings is 1. The summed E-state index contributed by atoms with van der Waals surface area (Å²) in [5.74, 6) is -0.609. The molecule has 1 aromatic rings. The van der Waals surface area contributed by atoms with Crippen molar-refractivity contribution in [1.82, 2.24) is 0 Å². The number of nitrogens with zero attached hydrogens (tertiary/aromatic N) is 1. The van der Waals surface area contributed by atoms with E-state index in [1.165, 1.54) is 13.2 Å². The Labute approximate surface area is 138 Å². The van der Waals surface area contributed by atoms with E-state index in [1.54, 1.807) is 18.2 Å². The van der Waals surface area contributed by atoms with E-state index in [9.17, 15) is 4.79 Å². The lowest BCUT2D eigenvalue weighted by Gasteiger charge is -2.09. The van der Waals surface area contributed by atoms with E-state index in [1.807, 2.05) is 48.6 Å². The summed E-state index contributed by atoms with van der Waals surface area (Å²) in [4.78, 5) is 11.5. The van der Waals surface area contributed by atoms with Gasteiger partial charge in [-0.25, -0.2) is 4.79 Å². The average Bonchev–Trinajstić information content (AvgIpc) is 2.61. The van der Waals surface area contributed by atoms with Crippen LogP contribution in [0.2, 0.25) is 0 Å². The lowest BCUT2D eigenvalue weighted by molar-refractivity contribution is -0.136. The molecule has 3 heteroatoms. The minimum atomic E-state index is -0.406. The first kappa shape index (κ1) is 19.9. The fourth-order valence-corrected chi connectivity index (χ4v) is 1.54. The Bertz CT molecular complexity index is 619. The van der Waals surface area contributed by atoms with Crippen molar-refractivity contribution in [3.8, 4) is 6.07 Å². The highest BCUT2D eigenvalue weighted by Crippen LogP contribution is 2.16. The van der Waals surface area contributed by atoms with Gasteiger partial charge < -0.3 is 4.74 Å². The van der Waals surface area contributed by atoms with E-state index in [0.29, 0.717) is 5.57 Å². The summed E-state index contributed by atoms with van der Waals surface area (Å²) < 4.78 is 4.69. The first-order valence-electron chi connectivity index (χ1n) is 6.90. The zero-order valence-corrected chi connectivity index (χ0v) is 13.3. The summed E-state index contributed by atoms with van der Waals surface area (Å²) in [7, 11) is 1.35. The quantitative estimate of drug-likeness (QED) is 0.337. The summed E-state index contributed by atoms with van der Waals surface area (Å²) in [6.45, 7) is 10.5. The van der Waals surface area contributed by atoms with Crippen LogP contribution in [0.25, 0.3) is 6.08 Å². The molecule has 0 aliphatic carbocycles. The number of nitriles is 1. The summed E-state index contributed by atoms with van der Waals surface area (Å²) in [6.07, 6.45) is 10.3. The van der Waals surface area contributed by atoms with Crippen LogP contribution < -0.4 is 0 Å². The van der Waals surface area contributed by atoms with Gasteiger partial charge in [0.2, 0.25) is 0 Å². The second-order valence-electron chi connectivity index (χ2n) is 4.27. The molecule has 1 aromatic carbocycles. The highest BCUT2D eigenvalue weighted by Gasteiger charge is 2.14. The Morgan fingerprint density at radius 2 is 1.87 bits per heavy atom. The average molecular weight is 307 g/mol. The van der Waals surface area contributed by atoms with Crippen LogP contribution in [0.5, 0.6) is 0 Å². The molecular formula is C20H21NO2. The third kappa shape index (κ3) is 8.69. The lowest BCUT2D eigenvalue weighted by atomic mass is 9.98. The molecule has 0 radical (unpaired) electrons. The van der Waals surface area contributed by atoms with Crippen molar-refractivity contribution >= 4 is 12.0 Å². The zero-order valence-electron chi connectivity index (χ0n) is 13.3. The van der Waals surface area contributed by atoms with Crippen LogP contribution in [-0.2, 0) is 9.53 Å². The Morgan fingerprint density at radius 3 is 2.35 bits per heavy atom. The predicted octanol–water partition coefficient (Wildman–Crippen LogP) is 4.48. The van der Waals surface area contributed by atoms with Crippen molar-refractivity contribution in [2.45, 2.75) is 0 Å². The van der Waals surface area contributed by atoms with Crippen LogP contribution in [0, 0.1) is 17.2 Å². The largest absolute Gasteiger partial charge is 0.466 e. The molecule has 1 rings (SSSR count). The highest BCUT2D eigenvalue weighted by molar-refractivity contribution is 5.89. The van der Waals surface area contributed by atoms with E-state index in [4.69, 9.17) is 10.00 Å². The van der Waals surface area contributed by atoms with E-state index < -0.39 is 5.97 Å². The second kappa shape index (κ2) is 12.6. The predicted molar refractivity (Wildman–Crippen MR) is 95.3 cm³/mol. The second-order valence-corrected chi connectivity index (χ2v) is 4.27. The first-order valence-corrected chi connectivity index (χ1v) is 6.90. The van der Waals surface area contributed by atoms with Crippen LogP contribution in [-0.4, -0.2) is 13.1 Å². The molecule has 23 heavy (non-hydrogen) atoms. The van der Waals surface area contributed by atoms with Gasteiger partial charge in [-0.3, -0.25) is 0 Å². The molecule has 118 valence electrons. The lowest BCUT2D eigenvalue weighted by Crippen LogP contribution is -2.10. The normalized spacial score (nSPS) is 11.0. The van der Waals surface area contributed by atoms with Crippen LogP contribution in [0.4, 0.5) is 0 Å². The van der Waals surface area contributed by atoms with Gasteiger partial charge in [-0.15, -0.1) is 0 Å². The SMILES string of the molecule is C=CC#N.C=CC=CC(C=Cc1ccccc1)C(=C)C(=O)OC. The van der Waals surface area contributed by atoms with Gasteiger partial charge in [0.1, 0.15) is 0 Å². The third-order valence-corrected chi connectivity index (χ3v) is 2.69. The van der Waals surface area contributed by atoms with Gasteiger partial charge in [-0.2, -0.15) is 5.26 Å². The number of ether oxygens (including phenoxy) is 1. The molecule has 0 aromatic heterocycles. The maximum absolute atomic E-state index is 11.5. The van der Waals surface area contributed by atoms with Crippen LogP contribution in [0.15, 0.2) is 86.0 Å². The van der Waals surface area contributed by atoms with E-state index >= 15 is 0 Å². The molecule has 0 saturated heterocycles. The Morgan fingerprint density at radius 1 is 1.26 bits per heavy atom. The van der Waals surface area contributed by atoms with Gasteiger partial charge in [-0.1, -0.05) is 80.4 Å². The van der Waals surface area contributed by atoms with E-state index in [-0.39, 0.29) is 5.92 Å². The van der Waals surface area contributed by atoms with E-state index in [2.05, 4.69) is 19.7 Å². The number of methoxy groups -OCH3 is 1. The van der Waals surface area contributed by atoms with E-state index in [0.717, 1.165) is 5.56 Å². The molecule has 1 unspecified atom stereocenters. The molecule has 0 saturated carbocycles. The Balaban J connectivity index is 0.00000108. The summed E-state index contributed by atoms with van der Waals surface area (Å²) in [6, 6.07) is 11.6. The van der Waals surface area contributed by atoms with Crippen LogP contribution >= 0.6 is 0 Å². The van der Waals surface area contributed by atoms with Gasteiger partial charge >= 0.3 is 5.97 Å². The number of rotatable bonds is 6. The number of esters is 1. The minimum Gasteiger partial charge on any atom is -0.466 e. The molecule has 0 bridgehead atoms. The van der Waals surface area contributed by atoms with Crippen molar-refractivity contribution in [1.29, 1.82) is 5.26 Å². The number of allylic oxidation sites excluding steroid dienone is 5. The molecule has 0 N–H and O–H groups in total. The third-order valence-electron chi connectivity index (χ3n) is 2.69. The van der Waals surface area contributed by atoms with Crippen molar-refractivity contribution in [3.63, 3.8) is 0 Å². The first-order chi connectivity index (χ1) is 11.1. The van der Waals surface area contributed by atoms with Gasteiger partial charge in [0, 0.05) is 17.6 Å². The molecule has 3 nitrogen and oxygen atoms in total. The Hall–Kier alpha value is -3.12. The van der Waals surface area contributed by atoms with Crippen molar-refractivity contribution in [3.05, 3.63) is 91.6 Å². The fraction of sp³-hybridized carbons (Fsp3) is 0.100. The number of hydrogen-bond donors (Lipinski definition) is 0. The van der Waals surface area contributed by atoms with Gasteiger partial charge in [0.25, 0.3) is 0 Å². The van der Waals surface area contributed by atoms with Gasteiger partial charge in [0.15, 0.2) is 0 Å². The molecule has 0 aliphatic heterocycles. The fourth-order valence-electron chi connectivity index (χ4n) is 1.54. The standard InChI is InChI=1S/C17H18O2.C3H3N/c1-4-5-11-16(14(2)17(18)19-3)13-12-15-9-7-6-8-10-15;1-2-3-4/h4-13,16H,1-2H2,3H3;2H,1H2. The van der Waals surface area contributed by atoms with Crippen LogP contribution in [0.3, 0.4) is 0 Å². The van der Waals surface area contributed by atoms with Gasteiger partial charge in [0.05, 0.1) is 13.2 Å². The minimum absolute atomic E-state index is 0.203. The molecular weight excluding hydrogens is 286 g/mol. The van der Waals surface area contributed by atoms with Crippen molar-refractivity contribution in [2.75, 3.05) is 7.11 Å². The smallest absolute Gasteiger partial charge is 0.334 e.